The molecule has 28 heavy (non-hydrogen) atoms. The van der Waals surface area contributed by atoms with Gasteiger partial charge < -0.3 is 10.1 Å². The van der Waals surface area contributed by atoms with Crippen LogP contribution in [0.4, 0.5) is 0 Å². The third-order valence-corrected chi connectivity index (χ3v) is 6.08. The van der Waals surface area contributed by atoms with Crippen molar-refractivity contribution in [2.45, 2.75) is 25.0 Å². The standard InChI is InChI=1S/C25H25NOS/c1-26-21(17-19-9-3-2-4-10-19)18-24(25-15-8-16-28-25)27-23-14-7-12-20-11-5-6-13-22(20)23/h2-16,21,24,26H,17-18H2,1H3/t21-,24-/m0/s1. The number of ether oxygens (including phenoxy) is 1. The Bertz CT molecular complexity index is 992. The summed E-state index contributed by atoms with van der Waals surface area (Å²) >= 11 is 1.76. The van der Waals surface area contributed by atoms with Gasteiger partial charge in [-0.15, -0.1) is 11.3 Å². The third kappa shape index (κ3) is 4.44. The van der Waals surface area contributed by atoms with E-state index >= 15 is 0 Å². The molecule has 4 rings (SSSR count). The number of likely N-dealkylation sites (N-methyl/N-ethyl adjacent to an activating group) is 1. The van der Waals surface area contributed by atoms with E-state index in [2.05, 4.69) is 95.6 Å². The summed E-state index contributed by atoms with van der Waals surface area (Å²) in [5.74, 6) is 0.950. The van der Waals surface area contributed by atoms with Gasteiger partial charge in [0, 0.05) is 22.7 Å². The molecule has 2 nitrogen and oxygen atoms in total. The molecule has 3 heteroatoms. The highest BCUT2D eigenvalue weighted by Gasteiger charge is 2.21. The van der Waals surface area contributed by atoms with Crippen LogP contribution in [0.2, 0.25) is 0 Å². The second-order valence-electron chi connectivity index (χ2n) is 7.01. The molecule has 0 fully saturated rings. The lowest BCUT2D eigenvalue weighted by molar-refractivity contribution is 0.184. The Kier molecular flexibility index (Phi) is 6.05. The average molecular weight is 388 g/mol. The van der Waals surface area contributed by atoms with Crippen molar-refractivity contribution in [1.29, 1.82) is 0 Å². The lowest BCUT2D eigenvalue weighted by Gasteiger charge is -2.24. The molecule has 0 saturated carbocycles. The average Bonchev–Trinajstić information content (AvgIpc) is 3.28. The van der Waals surface area contributed by atoms with E-state index in [-0.39, 0.29) is 6.10 Å². The molecule has 0 radical (unpaired) electrons. The number of rotatable bonds is 8. The first kappa shape index (κ1) is 18.7. The SMILES string of the molecule is CN[C@@H](Cc1ccccc1)C[C@H](Oc1cccc2ccccc12)c1cccs1. The van der Waals surface area contributed by atoms with Crippen LogP contribution in [0.25, 0.3) is 10.8 Å². The van der Waals surface area contributed by atoms with Crippen LogP contribution in [0.1, 0.15) is 23.0 Å². The van der Waals surface area contributed by atoms with Crippen LogP contribution in [-0.4, -0.2) is 13.1 Å². The van der Waals surface area contributed by atoms with E-state index in [1.807, 2.05) is 7.05 Å². The summed E-state index contributed by atoms with van der Waals surface area (Å²) in [6.07, 6.45) is 1.92. The van der Waals surface area contributed by atoms with Crippen molar-refractivity contribution >= 4 is 22.1 Å². The molecule has 0 saturated heterocycles. The smallest absolute Gasteiger partial charge is 0.134 e. The van der Waals surface area contributed by atoms with E-state index in [4.69, 9.17) is 4.74 Å². The quantitative estimate of drug-likeness (QED) is 0.386. The molecule has 2 atom stereocenters. The number of nitrogens with one attached hydrogen (secondary N) is 1. The van der Waals surface area contributed by atoms with E-state index < -0.39 is 0 Å². The van der Waals surface area contributed by atoms with Crippen LogP contribution in [-0.2, 0) is 6.42 Å². The lowest BCUT2D eigenvalue weighted by atomic mass is 10.00. The molecule has 1 heterocycles. The number of thiophene rings is 1. The van der Waals surface area contributed by atoms with Gasteiger partial charge in [0.05, 0.1) is 0 Å². The van der Waals surface area contributed by atoms with Gasteiger partial charge in [-0.05, 0) is 41.9 Å². The Labute approximate surface area is 170 Å². The molecule has 3 aromatic carbocycles. The van der Waals surface area contributed by atoms with Crippen molar-refractivity contribution in [1.82, 2.24) is 5.32 Å². The first-order valence-corrected chi connectivity index (χ1v) is 10.6. The maximum Gasteiger partial charge on any atom is 0.134 e. The van der Waals surface area contributed by atoms with Crippen LogP contribution in [0.5, 0.6) is 5.75 Å². The van der Waals surface area contributed by atoms with Crippen molar-refractivity contribution in [3.63, 3.8) is 0 Å². The summed E-state index contributed by atoms with van der Waals surface area (Å²) < 4.78 is 6.61. The number of fused-ring (bicyclic) bond motifs is 1. The first-order valence-electron chi connectivity index (χ1n) is 9.72. The normalized spacial score (nSPS) is 13.3. The highest BCUT2D eigenvalue weighted by Crippen LogP contribution is 2.33. The number of benzene rings is 3. The second kappa shape index (κ2) is 9.05. The highest BCUT2D eigenvalue weighted by atomic mass is 32.1. The van der Waals surface area contributed by atoms with Crippen LogP contribution in [0, 0.1) is 0 Å². The molecule has 4 aromatic rings. The minimum Gasteiger partial charge on any atom is -0.484 e. The summed E-state index contributed by atoms with van der Waals surface area (Å²) in [7, 11) is 2.04. The van der Waals surface area contributed by atoms with Gasteiger partial charge in [0.15, 0.2) is 0 Å². The molecule has 142 valence electrons. The highest BCUT2D eigenvalue weighted by molar-refractivity contribution is 7.10. The first-order chi connectivity index (χ1) is 13.8. The zero-order valence-corrected chi connectivity index (χ0v) is 16.9. The minimum atomic E-state index is 0.0203. The van der Waals surface area contributed by atoms with E-state index in [9.17, 15) is 0 Å². The zero-order chi connectivity index (χ0) is 19.2. The van der Waals surface area contributed by atoms with Gasteiger partial charge in [-0.1, -0.05) is 72.8 Å². The molecule has 1 aromatic heterocycles. The predicted octanol–water partition coefficient (Wildman–Crippen LogP) is 6.24. The van der Waals surface area contributed by atoms with Crippen molar-refractivity contribution in [2.75, 3.05) is 7.05 Å². The van der Waals surface area contributed by atoms with Gasteiger partial charge in [0.25, 0.3) is 0 Å². The Balaban J connectivity index is 1.59. The summed E-state index contributed by atoms with van der Waals surface area (Å²) in [6.45, 7) is 0. The molecule has 0 amide bonds. The molecular formula is C25H25NOS. The van der Waals surface area contributed by atoms with Crippen molar-refractivity contribution in [3.8, 4) is 5.75 Å². The fourth-order valence-electron chi connectivity index (χ4n) is 3.61. The third-order valence-electron chi connectivity index (χ3n) is 5.11. The van der Waals surface area contributed by atoms with Crippen LogP contribution in [0.15, 0.2) is 90.3 Å². The van der Waals surface area contributed by atoms with Gasteiger partial charge in [-0.25, -0.2) is 0 Å². The molecule has 0 aliphatic carbocycles. The van der Waals surface area contributed by atoms with Crippen LogP contribution < -0.4 is 10.1 Å². The van der Waals surface area contributed by atoms with Crippen molar-refractivity contribution in [3.05, 3.63) is 101 Å². The van der Waals surface area contributed by atoms with Crippen LogP contribution >= 0.6 is 11.3 Å². The Morgan fingerprint density at radius 2 is 1.64 bits per heavy atom. The van der Waals surface area contributed by atoms with Crippen molar-refractivity contribution < 1.29 is 4.74 Å². The maximum atomic E-state index is 6.61. The molecule has 0 unspecified atom stereocenters. The largest absolute Gasteiger partial charge is 0.484 e. The van der Waals surface area contributed by atoms with E-state index in [0.717, 1.165) is 24.0 Å². The Hall–Kier alpha value is -2.62. The fourth-order valence-corrected chi connectivity index (χ4v) is 4.38. The summed E-state index contributed by atoms with van der Waals surface area (Å²) in [5, 5.41) is 7.99. The Morgan fingerprint density at radius 3 is 2.43 bits per heavy atom. The topological polar surface area (TPSA) is 21.3 Å². The van der Waals surface area contributed by atoms with E-state index in [1.54, 1.807) is 11.3 Å². The fraction of sp³-hybridized carbons (Fsp3) is 0.200. The summed E-state index contributed by atoms with van der Waals surface area (Å²) in [4.78, 5) is 1.27. The second-order valence-corrected chi connectivity index (χ2v) is 7.99. The van der Waals surface area contributed by atoms with E-state index in [1.165, 1.54) is 15.8 Å². The predicted molar refractivity (Wildman–Crippen MR) is 119 cm³/mol. The molecule has 0 bridgehead atoms. The maximum absolute atomic E-state index is 6.61. The lowest BCUT2D eigenvalue weighted by Crippen LogP contribution is -2.30. The monoisotopic (exact) mass is 387 g/mol. The van der Waals surface area contributed by atoms with E-state index in [0.29, 0.717) is 6.04 Å². The summed E-state index contributed by atoms with van der Waals surface area (Å²) in [6, 6.07) is 30.0. The number of hydrogen-bond donors (Lipinski definition) is 1. The van der Waals surface area contributed by atoms with Gasteiger partial charge in [0.1, 0.15) is 11.9 Å². The van der Waals surface area contributed by atoms with Crippen molar-refractivity contribution in [2.24, 2.45) is 0 Å². The summed E-state index contributed by atoms with van der Waals surface area (Å²) in [5.41, 5.74) is 1.34. The molecule has 0 aliphatic rings. The Morgan fingerprint density at radius 1 is 0.857 bits per heavy atom. The van der Waals surface area contributed by atoms with Gasteiger partial charge in [0.2, 0.25) is 0 Å². The molecule has 0 spiro atoms. The van der Waals surface area contributed by atoms with Gasteiger partial charge >= 0.3 is 0 Å². The molecule has 0 aliphatic heterocycles. The number of hydrogen-bond acceptors (Lipinski definition) is 3. The minimum absolute atomic E-state index is 0.0203. The molecular weight excluding hydrogens is 362 g/mol. The zero-order valence-electron chi connectivity index (χ0n) is 16.0. The van der Waals surface area contributed by atoms with Gasteiger partial charge in [-0.3, -0.25) is 0 Å². The van der Waals surface area contributed by atoms with Gasteiger partial charge in [-0.2, -0.15) is 0 Å². The van der Waals surface area contributed by atoms with Crippen LogP contribution in [0.3, 0.4) is 0 Å². The molecule has 1 N–H and O–H groups in total.